The fourth-order valence-electron chi connectivity index (χ4n) is 14.1. The molecule has 564 valence electrons. The van der Waals surface area contributed by atoms with E-state index in [9.17, 15) is 0 Å². The Kier molecular flexibility index (Phi) is 20.9. The van der Waals surface area contributed by atoms with Crippen molar-refractivity contribution in [3.63, 3.8) is 0 Å². The monoisotopic (exact) mass is 1540 g/mol. The predicted octanol–water partition coefficient (Wildman–Crippen LogP) is 23.7. The second-order valence-electron chi connectivity index (χ2n) is 28.1. The number of hydrogen-bond acceptors (Lipinski definition) is 16. The topological polar surface area (TPSA) is 206 Å². The lowest BCUT2D eigenvalue weighted by atomic mass is 9.98. The first-order chi connectivity index (χ1) is 59.4. The second kappa shape index (κ2) is 34.1. The van der Waals surface area contributed by atoms with E-state index in [0.717, 1.165) is 129 Å². The quantitative estimate of drug-likeness (QED) is 0.0783. The average molecular weight is 1540 g/mol. The van der Waals surface area contributed by atoms with Gasteiger partial charge < -0.3 is 0 Å². The van der Waals surface area contributed by atoms with Crippen molar-refractivity contribution in [1.82, 2.24) is 79.7 Å². The highest BCUT2D eigenvalue weighted by atomic mass is 15.0. The Morgan fingerprint density at radius 1 is 0.117 bits per heavy atom. The third-order valence-electron chi connectivity index (χ3n) is 20.1. The molecule has 16 heteroatoms. The van der Waals surface area contributed by atoms with E-state index in [4.69, 9.17) is 74.8 Å². The number of nitrogens with zero attached hydrogens (tertiary/aromatic N) is 16. The van der Waals surface area contributed by atoms with Gasteiger partial charge in [-0.2, -0.15) is 0 Å². The summed E-state index contributed by atoms with van der Waals surface area (Å²) in [5.41, 5.74) is 23.7. The fraction of sp³-hybridized carbons (Fsp3) is 0. The van der Waals surface area contributed by atoms with E-state index in [1.807, 2.05) is 291 Å². The van der Waals surface area contributed by atoms with Gasteiger partial charge in [0.25, 0.3) is 0 Å². The smallest absolute Gasteiger partial charge is 0.164 e. The Morgan fingerprint density at radius 3 is 0.842 bits per heavy atom. The van der Waals surface area contributed by atoms with Crippen LogP contribution in [0.2, 0.25) is 0 Å². The molecule has 20 rings (SSSR count). The number of hydrogen-bond donors (Lipinski definition) is 0. The molecule has 0 bridgehead atoms. The summed E-state index contributed by atoms with van der Waals surface area (Å²) in [5.74, 6) is 4.82. The van der Waals surface area contributed by atoms with Gasteiger partial charge in [0.1, 0.15) is 0 Å². The zero-order valence-corrected chi connectivity index (χ0v) is 64.4. The third kappa shape index (κ3) is 16.5. The van der Waals surface area contributed by atoms with Gasteiger partial charge in [-0.25, -0.2) is 59.8 Å². The van der Waals surface area contributed by atoms with Crippen molar-refractivity contribution in [3.8, 4) is 204 Å². The predicted molar refractivity (Wildman–Crippen MR) is 475 cm³/mol. The summed E-state index contributed by atoms with van der Waals surface area (Å²) >= 11 is 0. The van der Waals surface area contributed by atoms with Crippen LogP contribution in [-0.4, -0.2) is 79.7 Å². The lowest BCUT2D eigenvalue weighted by Crippen LogP contribution is -2.00. The maximum absolute atomic E-state index is 5.22. The Balaban J connectivity index is 0.000000159. The van der Waals surface area contributed by atoms with E-state index in [-0.39, 0.29) is 0 Å². The van der Waals surface area contributed by atoms with Crippen molar-refractivity contribution in [2.24, 2.45) is 0 Å². The molecule has 0 amide bonds. The summed E-state index contributed by atoms with van der Waals surface area (Å²) in [5, 5.41) is 0. The van der Waals surface area contributed by atoms with Gasteiger partial charge in [-0.15, -0.1) is 0 Å². The van der Waals surface area contributed by atoms with Crippen molar-refractivity contribution in [3.05, 3.63) is 413 Å². The van der Waals surface area contributed by atoms with E-state index in [1.165, 1.54) is 0 Å². The van der Waals surface area contributed by atoms with Crippen LogP contribution < -0.4 is 0 Å². The number of aromatic nitrogens is 16. The average Bonchev–Trinajstić information content (AvgIpc) is 0.771. The van der Waals surface area contributed by atoms with Crippen LogP contribution in [0.15, 0.2) is 413 Å². The molecule has 0 spiro atoms. The SMILES string of the molecule is c1ccc(-c2cc(-c3ccccc3)nc(-c3ccnc(-c4cc(-c5ccc(-c6nc(-c7ccccc7)nc(-c7ccccc7)n6)cc5)cc(-c5ccccn5)n4)c3)n2)cc1.c1ccc(-c2cc(-c3cccnc3-c3cc(-c4cccc(-c5nc(-c6ccccc6)nc(-c6ccccc6)n5)c4)cc(-c4ccccn4)n3)nc(-c3ccccc3)n2)cc1. The van der Waals surface area contributed by atoms with Gasteiger partial charge in [0, 0.05) is 91.5 Å². The maximum Gasteiger partial charge on any atom is 0.164 e. The summed E-state index contributed by atoms with van der Waals surface area (Å²) in [6, 6.07) is 129. The van der Waals surface area contributed by atoms with Crippen LogP contribution in [0, 0.1) is 0 Å². The lowest BCUT2D eigenvalue weighted by Gasteiger charge is -2.14. The molecule has 0 fully saturated rings. The summed E-state index contributed by atoms with van der Waals surface area (Å²) in [6.45, 7) is 0. The molecule has 0 N–H and O–H groups in total. The van der Waals surface area contributed by atoms with Gasteiger partial charge in [-0.1, -0.05) is 297 Å². The van der Waals surface area contributed by atoms with Crippen LogP contribution in [0.3, 0.4) is 0 Å². The van der Waals surface area contributed by atoms with Crippen LogP contribution in [0.1, 0.15) is 0 Å². The van der Waals surface area contributed by atoms with Gasteiger partial charge in [-0.05, 0) is 113 Å². The standard InChI is InChI=1S/2C52H34N8/c1-5-17-35(18-6-1)44-34-45(57-49(56-44)36-19-7-2-8-20-36)42-27-16-30-54-48(42)47-33-41(32-46(55-47)43-28-13-14-29-53-43)39-25-15-26-40(31-39)52-59-50(37-21-9-3-10-22-37)58-51(60-52)38-23-11-4-12-24-38;1-5-15-36(16-6-1)44-34-45(37-17-7-2-8-18-37)57-52(56-44)41-28-30-54-46(31-41)48-33-42(32-47(55-48)43-23-13-14-29-53-43)35-24-26-40(27-25-35)51-59-49(38-19-9-3-10-20-38)58-50(60-51)39-21-11-4-12-22-39/h2*1-34H. The Bertz CT molecular complexity index is 6740. The van der Waals surface area contributed by atoms with Crippen LogP contribution >= 0.6 is 0 Å². The Morgan fingerprint density at radius 2 is 0.408 bits per heavy atom. The Labute approximate surface area is 692 Å². The second-order valence-corrected chi connectivity index (χ2v) is 28.1. The molecule has 0 saturated heterocycles. The molecule has 10 aromatic heterocycles. The molecule has 20 aromatic rings. The summed E-state index contributed by atoms with van der Waals surface area (Å²) in [4.78, 5) is 79.4. The molecular formula is C104H68N16. The van der Waals surface area contributed by atoms with E-state index in [0.29, 0.717) is 75.1 Å². The molecule has 16 nitrogen and oxygen atoms in total. The third-order valence-corrected chi connectivity index (χ3v) is 20.1. The van der Waals surface area contributed by atoms with Gasteiger partial charge in [0.15, 0.2) is 46.6 Å². The first-order valence-electron chi connectivity index (χ1n) is 39.2. The minimum absolute atomic E-state index is 0.572. The first kappa shape index (κ1) is 73.5. The summed E-state index contributed by atoms with van der Waals surface area (Å²) < 4.78 is 0. The van der Waals surface area contributed by atoms with E-state index in [1.54, 1.807) is 24.8 Å². The first-order valence-corrected chi connectivity index (χ1v) is 39.2. The summed E-state index contributed by atoms with van der Waals surface area (Å²) in [6.07, 6.45) is 7.14. The number of rotatable bonds is 18. The van der Waals surface area contributed by atoms with Gasteiger partial charge in [0.05, 0.1) is 68.3 Å². The molecule has 0 unspecified atom stereocenters. The van der Waals surface area contributed by atoms with Crippen molar-refractivity contribution < 1.29 is 0 Å². The lowest BCUT2D eigenvalue weighted by molar-refractivity contribution is 1.07. The highest BCUT2D eigenvalue weighted by Crippen LogP contribution is 2.39. The van der Waals surface area contributed by atoms with Crippen molar-refractivity contribution in [2.75, 3.05) is 0 Å². The minimum atomic E-state index is 0.572. The van der Waals surface area contributed by atoms with E-state index < -0.39 is 0 Å². The highest BCUT2D eigenvalue weighted by Gasteiger charge is 2.22. The number of pyridine rings is 6. The molecule has 0 aliphatic rings. The minimum Gasteiger partial charge on any atom is -0.255 e. The largest absolute Gasteiger partial charge is 0.255 e. The number of benzene rings is 10. The molecule has 120 heavy (non-hydrogen) atoms. The van der Waals surface area contributed by atoms with Gasteiger partial charge >= 0.3 is 0 Å². The molecule has 0 atom stereocenters. The van der Waals surface area contributed by atoms with Gasteiger partial charge in [-0.3, -0.25) is 19.9 Å². The molecule has 0 aliphatic carbocycles. The molecule has 0 saturated carbocycles. The molecule has 0 radical (unpaired) electrons. The zero-order chi connectivity index (χ0) is 80.2. The van der Waals surface area contributed by atoms with Crippen molar-refractivity contribution in [1.29, 1.82) is 0 Å². The normalized spacial score (nSPS) is 11.0. The van der Waals surface area contributed by atoms with Crippen molar-refractivity contribution >= 4 is 0 Å². The van der Waals surface area contributed by atoms with E-state index in [2.05, 4.69) is 102 Å². The van der Waals surface area contributed by atoms with Crippen LogP contribution in [0.4, 0.5) is 0 Å². The van der Waals surface area contributed by atoms with E-state index >= 15 is 0 Å². The van der Waals surface area contributed by atoms with Crippen LogP contribution in [0.5, 0.6) is 0 Å². The van der Waals surface area contributed by atoms with Gasteiger partial charge in [0.2, 0.25) is 0 Å². The van der Waals surface area contributed by atoms with Crippen LogP contribution in [-0.2, 0) is 0 Å². The fourth-order valence-corrected chi connectivity index (χ4v) is 14.1. The molecular weight excluding hydrogens is 1470 g/mol. The maximum atomic E-state index is 5.22. The van der Waals surface area contributed by atoms with Crippen molar-refractivity contribution in [2.45, 2.75) is 0 Å². The molecule has 0 aliphatic heterocycles. The summed E-state index contributed by atoms with van der Waals surface area (Å²) in [7, 11) is 0. The molecule has 10 heterocycles. The van der Waals surface area contributed by atoms with Crippen LogP contribution in [0.25, 0.3) is 204 Å². The highest BCUT2D eigenvalue weighted by molar-refractivity contribution is 5.86. The zero-order valence-electron chi connectivity index (χ0n) is 64.4. The Hall–Kier alpha value is -16.7. The molecule has 10 aromatic carbocycles.